The summed E-state index contributed by atoms with van der Waals surface area (Å²) in [7, 11) is 0. The molecule has 0 spiro atoms. The van der Waals surface area contributed by atoms with Gasteiger partial charge in [0.2, 0.25) is 5.91 Å². The van der Waals surface area contributed by atoms with E-state index in [9.17, 15) is 14.9 Å². The molecule has 1 aromatic carbocycles. The number of benzene rings is 1. The quantitative estimate of drug-likeness (QED) is 0.599. The van der Waals surface area contributed by atoms with E-state index in [1.54, 1.807) is 23.1 Å². The molecule has 4 rings (SSSR count). The molecule has 1 unspecified atom stereocenters. The van der Waals surface area contributed by atoms with Gasteiger partial charge in [-0.2, -0.15) is 5.26 Å². The van der Waals surface area contributed by atoms with Crippen molar-refractivity contribution in [3.8, 4) is 6.07 Å². The Morgan fingerprint density at radius 3 is 2.68 bits per heavy atom. The Morgan fingerprint density at radius 2 is 2.03 bits per heavy atom. The molecule has 0 fully saturated rings. The zero-order valence-electron chi connectivity index (χ0n) is 17.7. The predicted octanol–water partition coefficient (Wildman–Crippen LogP) is 5.58. The lowest BCUT2D eigenvalue weighted by Crippen LogP contribution is -2.38. The van der Waals surface area contributed by atoms with Crippen molar-refractivity contribution in [3.05, 3.63) is 68.1 Å². The molecular weight excluding hydrogens is 433 g/mol. The topological polar surface area (TPSA) is 73.2 Å². The molecule has 1 aromatic rings. The maximum atomic E-state index is 13.5. The van der Waals surface area contributed by atoms with Crippen LogP contribution in [0.1, 0.15) is 58.1 Å². The first-order chi connectivity index (χ1) is 14.6. The van der Waals surface area contributed by atoms with Gasteiger partial charge in [-0.15, -0.1) is 0 Å². The number of hydrogen-bond donors (Lipinski definition) is 1. The van der Waals surface area contributed by atoms with E-state index in [1.165, 1.54) is 6.92 Å². The first-order valence-electron chi connectivity index (χ1n) is 10.2. The van der Waals surface area contributed by atoms with Crippen molar-refractivity contribution in [3.63, 3.8) is 0 Å². The minimum Gasteiger partial charge on any atom is -0.357 e. The van der Waals surface area contributed by atoms with Crippen LogP contribution in [0.5, 0.6) is 0 Å². The lowest BCUT2D eigenvalue weighted by atomic mass is 9.73. The summed E-state index contributed by atoms with van der Waals surface area (Å²) in [5.74, 6) is -0.292. The zero-order chi connectivity index (χ0) is 22.5. The highest BCUT2D eigenvalue weighted by atomic mass is 35.5. The minimum absolute atomic E-state index is 0.0284. The lowest BCUT2D eigenvalue weighted by Gasteiger charge is -2.37. The molecule has 0 saturated carbocycles. The molecule has 3 aliphatic rings. The van der Waals surface area contributed by atoms with Gasteiger partial charge < -0.3 is 5.32 Å². The van der Waals surface area contributed by atoms with E-state index in [2.05, 4.69) is 25.2 Å². The van der Waals surface area contributed by atoms with Gasteiger partial charge in [-0.1, -0.05) is 49.2 Å². The molecule has 1 atom stereocenters. The molecule has 0 saturated heterocycles. The van der Waals surface area contributed by atoms with E-state index in [-0.39, 0.29) is 17.1 Å². The number of Topliss-reactive ketones (excluding diaryl/α,β-unsaturated/α-hetero) is 1. The minimum atomic E-state index is -0.740. The second-order valence-corrected chi connectivity index (χ2v) is 9.85. The van der Waals surface area contributed by atoms with E-state index in [1.807, 2.05) is 6.08 Å². The Kier molecular flexibility index (Phi) is 5.49. The monoisotopic (exact) mass is 455 g/mol. The summed E-state index contributed by atoms with van der Waals surface area (Å²) in [4.78, 5) is 28.1. The third-order valence-corrected chi connectivity index (χ3v) is 6.56. The van der Waals surface area contributed by atoms with Gasteiger partial charge in [0.25, 0.3) is 0 Å². The summed E-state index contributed by atoms with van der Waals surface area (Å²) >= 11 is 12.7. The SMILES string of the molecule is CC(=O)N1C2=C(C#N)CCC=C2NC2=C(C(=O)CC(C)(C)C2)C1c1ccc(Cl)cc1Cl. The Balaban J connectivity index is 2.06. The molecule has 1 amide bonds. The van der Waals surface area contributed by atoms with E-state index in [4.69, 9.17) is 23.2 Å². The van der Waals surface area contributed by atoms with Crippen LogP contribution in [0.3, 0.4) is 0 Å². The summed E-state index contributed by atoms with van der Waals surface area (Å²) in [5.41, 5.74) is 3.44. The zero-order valence-corrected chi connectivity index (χ0v) is 19.2. The molecule has 31 heavy (non-hydrogen) atoms. The smallest absolute Gasteiger partial charge is 0.224 e. The van der Waals surface area contributed by atoms with Crippen molar-refractivity contribution in [2.75, 3.05) is 0 Å². The van der Waals surface area contributed by atoms with Crippen molar-refractivity contribution >= 4 is 34.9 Å². The van der Waals surface area contributed by atoms with Crippen LogP contribution in [0, 0.1) is 16.7 Å². The molecule has 1 N–H and O–H groups in total. The summed E-state index contributed by atoms with van der Waals surface area (Å²) in [6, 6.07) is 6.60. The summed E-state index contributed by atoms with van der Waals surface area (Å²) < 4.78 is 0. The second kappa shape index (κ2) is 7.85. The van der Waals surface area contributed by atoms with E-state index in [0.29, 0.717) is 63.8 Å². The predicted molar refractivity (Wildman–Crippen MR) is 120 cm³/mol. The van der Waals surface area contributed by atoms with Crippen molar-refractivity contribution in [2.24, 2.45) is 5.41 Å². The second-order valence-electron chi connectivity index (χ2n) is 9.01. The van der Waals surface area contributed by atoms with Crippen molar-refractivity contribution in [2.45, 2.75) is 52.5 Å². The van der Waals surface area contributed by atoms with Gasteiger partial charge in [-0.05, 0) is 42.4 Å². The number of rotatable bonds is 1. The summed E-state index contributed by atoms with van der Waals surface area (Å²) in [5, 5.41) is 14.1. The molecule has 7 heteroatoms. The summed E-state index contributed by atoms with van der Waals surface area (Å²) in [6.45, 7) is 5.57. The standard InChI is InChI=1S/C24H23Cl2N3O2/c1-13(30)29-22-14(12-27)5-4-6-18(22)28-19-10-24(2,3)11-20(31)21(19)23(29)16-8-7-15(25)9-17(16)26/h6-9,23,28H,4-5,10-11H2,1-3H3. The van der Waals surface area contributed by atoms with Crippen molar-refractivity contribution < 1.29 is 9.59 Å². The molecule has 1 aliphatic heterocycles. The largest absolute Gasteiger partial charge is 0.357 e. The van der Waals surface area contributed by atoms with Crippen LogP contribution in [-0.4, -0.2) is 16.6 Å². The van der Waals surface area contributed by atoms with Crippen LogP contribution in [0.2, 0.25) is 10.0 Å². The average molecular weight is 456 g/mol. The number of nitriles is 1. The van der Waals surface area contributed by atoms with Gasteiger partial charge in [0.05, 0.1) is 29.1 Å². The molecular formula is C24H23Cl2N3O2. The molecule has 160 valence electrons. The van der Waals surface area contributed by atoms with Gasteiger partial charge in [-0.25, -0.2) is 0 Å². The molecule has 1 heterocycles. The number of halogens is 2. The Labute approximate surface area is 192 Å². The van der Waals surface area contributed by atoms with Crippen LogP contribution in [0.15, 0.2) is 52.5 Å². The number of nitrogens with one attached hydrogen (secondary N) is 1. The van der Waals surface area contributed by atoms with E-state index in [0.717, 1.165) is 5.70 Å². The molecule has 0 aromatic heterocycles. The Bertz CT molecular complexity index is 1140. The van der Waals surface area contributed by atoms with Crippen molar-refractivity contribution in [1.82, 2.24) is 10.2 Å². The number of allylic oxidation sites excluding steroid dienone is 3. The number of ketones is 1. The van der Waals surface area contributed by atoms with Gasteiger partial charge in [0.1, 0.15) is 0 Å². The third-order valence-electron chi connectivity index (χ3n) is 5.99. The van der Waals surface area contributed by atoms with Crippen LogP contribution in [-0.2, 0) is 9.59 Å². The fourth-order valence-electron chi connectivity index (χ4n) is 4.77. The van der Waals surface area contributed by atoms with Crippen LogP contribution in [0.4, 0.5) is 0 Å². The van der Waals surface area contributed by atoms with Gasteiger partial charge in [0, 0.05) is 34.7 Å². The average Bonchev–Trinajstić information content (AvgIpc) is 2.81. The maximum Gasteiger partial charge on any atom is 0.224 e. The number of amides is 1. The van der Waals surface area contributed by atoms with Crippen LogP contribution >= 0.6 is 23.2 Å². The number of carbonyl (C=O) groups excluding carboxylic acids is 2. The normalized spacial score (nSPS) is 22.7. The number of nitrogens with zero attached hydrogens (tertiary/aromatic N) is 2. The highest BCUT2D eigenvalue weighted by Gasteiger charge is 2.45. The van der Waals surface area contributed by atoms with E-state index >= 15 is 0 Å². The van der Waals surface area contributed by atoms with Crippen LogP contribution < -0.4 is 5.32 Å². The maximum absolute atomic E-state index is 13.5. The Hall–Kier alpha value is -2.55. The first kappa shape index (κ1) is 21.7. The fourth-order valence-corrected chi connectivity index (χ4v) is 5.29. The molecule has 5 nitrogen and oxygen atoms in total. The van der Waals surface area contributed by atoms with Gasteiger partial charge in [-0.3, -0.25) is 14.5 Å². The Morgan fingerprint density at radius 1 is 1.29 bits per heavy atom. The molecule has 2 aliphatic carbocycles. The first-order valence-corrected chi connectivity index (χ1v) is 11.0. The highest BCUT2D eigenvalue weighted by molar-refractivity contribution is 6.35. The molecule has 0 radical (unpaired) electrons. The third kappa shape index (κ3) is 3.79. The van der Waals surface area contributed by atoms with E-state index < -0.39 is 6.04 Å². The summed E-state index contributed by atoms with van der Waals surface area (Å²) in [6.07, 6.45) is 4.23. The van der Waals surface area contributed by atoms with Gasteiger partial charge in [0.15, 0.2) is 5.78 Å². The number of hydrogen-bond acceptors (Lipinski definition) is 4. The van der Waals surface area contributed by atoms with Crippen molar-refractivity contribution in [1.29, 1.82) is 5.26 Å². The van der Waals surface area contributed by atoms with Gasteiger partial charge >= 0.3 is 0 Å². The molecule has 0 bridgehead atoms. The highest BCUT2D eigenvalue weighted by Crippen LogP contribution is 2.48. The fraction of sp³-hybridized carbons (Fsp3) is 0.375. The number of carbonyl (C=O) groups is 2. The lowest BCUT2D eigenvalue weighted by molar-refractivity contribution is -0.128. The number of fused-ring (bicyclic) bond motifs is 1. The van der Waals surface area contributed by atoms with Crippen LogP contribution in [0.25, 0.3) is 0 Å².